The average Bonchev–Trinajstić information content (AvgIpc) is 3.54. The van der Waals surface area contributed by atoms with Crippen molar-refractivity contribution >= 4 is 32.5 Å². The molecule has 1 aromatic carbocycles. The van der Waals surface area contributed by atoms with Gasteiger partial charge in [-0.05, 0) is 24.6 Å². The Morgan fingerprint density at radius 3 is 2.66 bits per heavy atom. The molecule has 0 radical (unpaired) electrons. The number of imidazole rings is 1. The van der Waals surface area contributed by atoms with Gasteiger partial charge in [0.25, 0.3) is 10.0 Å². The molecule has 186 valence electrons. The highest BCUT2D eigenvalue weighted by Crippen LogP contribution is 2.29. The van der Waals surface area contributed by atoms with Crippen LogP contribution in [0.25, 0.3) is 10.9 Å². The Bertz CT molecular complexity index is 1340. The lowest BCUT2D eigenvalue weighted by molar-refractivity contribution is -0.135. The third kappa shape index (κ3) is 4.48. The van der Waals surface area contributed by atoms with Gasteiger partial charge in [-0.25, -0.2) is 17.8 Å². The topological polar surface area (TPSA) is 118 Å². The molecule has 0 aliphatic carbocycles. The first-order valence-corrected chi connectivity index (χ1v) is 13.1. The summed E-state index contributed by atoms with van der Waals surface area (Å²) in [7, 11) is -3.80. The van der Waals surface area contributed by atoms with Crippen LogP contribution in [0, 0.1) is 11.7 Å². The van der Waals surface area contributed by atoms with Crippen LogP contribution < -0.4 is 10.6 Å². The Labute approximate surface area is 203 Å². The van der Waals surface area contributed by atoms with Crippen molar-refractivity contribution in [2.45, 2.75) is 18.1 Å². The summed E-state index contributed by atoms with van der Waals surface area (Å²) in [5.74, 6) is -0.721. The molecule has 2 aliphatic heterocycles. The number of benzene rings is 1. The van der Waals surface area contributed by atoms with Crippen molar-refractivity contribution in [2.24, 2.45) is 11.7 Å². The summed E-state index contributed by atoms with van der Waals surface area (Å²) in [6.07, 6.45) is 5.20. The van der Waals surface area contributed by atoms with Crippen molar-refractivity contribution in [3.63, 3.8) is 0 Å². The largest absolute Gasteiger partial charge is 0.367 e. The molecule has 3 aromatic rings. The summed E-state index contributed by atoms with van der Waals surface area (Å²) >= 11 is 0. The van der Waals surface area contributed by atoms with E-state index in [1.54, 1.807) is 18.5 Å². The van der Waals surface area contributed by atoms with E-state index >= 15 is 0 Å². The van der Waals surface area contributed by atoms with Crippen LogP contribution in [0.4, 0.5) is 10.1 Å². The number of carbonyl (C=O) groups excluding carboxylic acids is 1. The van der Waals surface area contributed by atoms with Crippen molar-refractivity contribution in [3.05, 3.63) is 48.7 Å². The second-order valence-electron chi connectivity index (χ2n) is 8.84. The van der Waals surface area contributed by atoms with Gasteiger partial charge >= 0.3 is 0 Å². The maximum absolute atomic E-state index is 13.6. The first kappa shape index (κ1) is 23.6. The Morgan fingerprint density at radius 1 is 1.09 bits per heavy atom. The normalized spacial score (nSPS) is 19.5. The van der Waals surface area contributed by atoms with E-state index in [-0.39, 0.29) is 35.9 Å². The lowest BCUT2D eigenvalue weighted by Gasteiger charge is -2.37. The first-order chi connectivity index (χ1) is 16.9. The molecule has 0 unspecified atom stereocenters. The lowest BCUT2D eigenvalue weighted by Crippen LogP contribution is -2.50. The molecule has 5 rings (SSSR count). The molecule has 0 bridgehead atoms. The van der Waals surface area contributed by atoms with Gasteiger partial charge in [-0.1, -0.05) is 0 Å². The van der Waals surface area contributed by atoms with Gasteiger partial charge in [0.15, 0.2) is 0 Å². The van der Waals surface area contributed by atoms with E-state index in [0.717, 1.165) is 11.1 Å². The zero-order valence-corrected chi connectivity index (χ0v) is 20.1. The highest BCUT2D eigenvalue weighted by Gasteiger charge is 2.39. The van der Waals surface area contributed by atoms with Crippen LogP contribution in [0.2, 0.25) is 0 Å². The van der Waals surface area contributed by atoms with Gasteiger partial charge in [-0.2, -0.15) is 4.31 Å². The number of nitrogens with two attached hydrogens (primary N) is 1. The van der Waals surface area contributed by atoms with Gasteiger partial charge < -0.3 is 20.1 Å². The van der Waals surface area contributed by atoms with Crippen LogP contribution in [0.1, 0.15) is 6.42 Å². The minimum Gasteiger partial charge on any atom is -0.367 e. The van der Waals surface area contributed by atoms with Gasteiger partial charge in [0, 0.05) is 88.1 Å². The van der Waals surface area contributed by atoms with Gasteiger partial charge in [0.1, 0.15) is 5.82 Å². The molecule has 35 heavy (non-hydrogen) atoms. The molecular formula is C23H28FN7O3S. The van der Waals surface area contributed by atoms with Crippen LogP contribution in [0.3, 0.4) is 0 Å². The number of pyridine rings is 1. The molecule has 2 saturated heterocycles. The van der Waals surface area contributed by atoms with Crippen LogP contribution >= 0.6 is 0 Å². The van der Waals surface area contributed by atoms with E-state index in [9.17, 15) is 17.6 Å². The number of rotatable bonds is 6. The molecule has 2 N–H and O–H groups in total. The van der Waals surface area contributed by atoms with Crippen molar-refractivity contribution in [1.29, 1.82) is 0 Å². The number of halogens is 1. The maximum atomic E-state index is 13.6. The average molecular weight is 502 g/mol. The maximum Gasteiger partial charge on any atom is 0.277 e. The minimum absolute atomic E-state index is 0.0192. The number of carbonyl (C=O) groups is 1. The SMILES string of the molecule is NCCn1ccnc1S(=O)(=O)N1CC[C@H](C(=O)N2CCN(c3ccnc4cc(F)ccc34)CC2)C1. The second kappa shape index (κ2) is 9.51. The third-order valence-corrected chi connectivity index (χ3v) is 8.54. The summed E-state index contributed by atoms with van der Waals surface area (Å²) in [5, 5.41) is 0.840. The van der Waals surface area contributed by atoms with E-state index in [0.29, 0.717) is 51.2 Å². The molecule has 2 aliphatic rings. The quantitative estimate of drug-likeness (QED) is 0.533. The number of aromatic nitrogens is 3. The molecule has 2 fully saturated rings. The summed E-state index contributed by atoms with van der Waals surface area (Å²) in [5.41, 5.74) is 7.14. The van der Waals surface area contributed by atoms with Gasteiger partial charge in [0.05, 0.1) is 11.4 Å². The fourth-order valence-corrected chi connectivity index (χ4v) is 6.51. The summed E-state index contributed by atoms with van der Waals surface area (Å²) in [6.45, 7) is 3.43. The van der Waals surface area contributed by atoms with Crippen molar-refractivity contribution in [2.75, 3.05) is 50.7 Å². The van der Waals surface area contributed by atoms with E-state index < -0.39 is 10.0 Å². The lowest BCUT2D eigenvalue weighted by atomic mass is 10.1. The fraction of sp³-hybridized carbons (Fsp3) is 0.435. The monoisotopic (exact) mass is 501 g/mol. The van der Waals surface area contributed by atoms with Crippen LogP contribution in [-0.4, -0.2) is 83.9 Å². The van der Waals surface area contributed by atoms with Crippen molar-refractivity contribution in [1.82, 2.24) is 23.7 Å². The van der Waals surface area contributed by atoms with Crippen LogP contribution in [-0.2, 0) is 21.4 Å². The number of nitrogens with zero attached hydrogens (tertiary/aromatic N) is 6. The van der Waals surface area contributed by atoms with Gasteiger partial charge in [0.2, 0.25) is 11.1 Å². The Morgan fingerprint density at radius 2 is 1.89 bits per heavy atom. The minimum atomic E-state index is -3.80. The fourth-order valence-electron chi connectivity index (χ4n) is 4.91. The zero-order valence-electron chi connectivity index (χ0n) is 19.3. The number of hydrogen-bond donors (Lipinski definition) is 1. The first-order valence-electron chi connectivity index (χ1n) is 11.7. The summed E-state index contributed by atoms with van der Waals surface area (Å²) in [4.78, 5) is 25.5. The molecule has 1 atom stereocenters. The Hall–Kier alpha value is -3.09. The molecule has 12 heteroatoms. The van der Waals surface area contributed by atoms with E-state index in [2.05, 4.69) is 14.9 Å². The Balaban J connectivity index is 1.22. The van der Waals surface area contributed by atoms with Crippen LogP contribution in [0.15, 0.2) is 48.0 Å². The number of fused-ring (bicyclic) bond motifs is 1. The molecule has 4 heterocycles. The molecule has 0 saturated carbocycles. The van der Waals surface area contributed by atoms with Gasteiger partial charge in [-0.3, -0.25) is 9.78 Å². The second-order valence-corrected chi connectivity index (χ2v) is 10.7. The Kier molecular flexibility index (Phi) is 6.43. The number of sulfonamides is 1. The molecule has 0 spiro atoms. The van der Waals surface area contributed by atoms with E-state index in [1.165, 1.54) is 27.2 Å². The number of anilines is 1. The van der Waals surface area contributed by atoms with E-state index in [1.807, 2.05) is 11.0 Å². The predicted molar refractivity (Wildman–Crippen MR) is 129 cm³/mol. The zero-order chi connectivity index (χ0) is 24.6. The highest BCUT2D eigenvalue weighted by molar-refractivity contribution is 7.89. The smallest absolute Gasteiger partial charge is 0.277 e. The third-order valence-electron chi connectivity index (χ3n) is 6.73. The summed E-state index contributed by atoms with van der Waals surface area (Å²) < 4.78 is 42.7. The van der Waals surface area contributed by atoms with E-state index in [4.69, 9.17) is 5.73 Å². The number of piperazine rings is 1. The summed E-state index contributed by atoms with van der Waals surface area (Å²) in [6, 6.07) is 6.49. The predicted octanol–water partition coefficient (Wildman–Crippen LogP) is 0.888. The van der Waals surface area contributed by atoms with Crippen molar-refractivity contribution in [3.8, 4) is 0 Å². The standard InChI is InChI=1S/C23H28FN7O3S/c24-18-1-2-19-20(15-18)26-6-3-21(19)28-11-13-29(14-12-28)22(32)17-4-8-31(16-17)35(33,34)23-27-7-10-30(23)9-5-25/h1-3,6-7,10,15,17H,4-5,8-9,11-14,16,25H2/t17-/m0/s1. The van der Waals surface area contributed by atoms with Crippen molar-refractivity contribution < 1.29 is 17.6 Å². The van der Waals surface area contributed by atoms with Crippen LogP contribution in [0.5, 0.6) is 0 Å². The highest BCUT2D eigenvalue weighted by atomic mass is 32.2. The molecule has 1 amide bonds. The van der Waals surface area contributed by atoms with Gasteiger partial charge in [-0.15, -0.1) is 0 Å². The molecular weight excluding hydrogens is 473 g/mol. The molecule has 2 aromatic heterocycles. The number of amides is 1. The number of hydrogen-bond acceptors (Lipinski definition) is 7. The molecule has 10 nitrogen and oxygen atoms in total.